The summed E-state index contributed by atoms with van der Waals surface area (Å²) >= 11 is 3.22. The Morgan fingerprint density at radius 3 is 2.67 bits per heavy atom. The zero-order valence-electron chi connectivity index (χ0n) is 5.81. The van der Waals surface area contributed by atoms with Crippen molar-refractivity contribution in [2.45, 2.75) is 0 Å². The molecular formula is C6H3BrN4O. The van der Waals surface area contributed by atoms with Gasteiger partial charge in [0.05, 0.1) is 0 Å². The molecule has 2 aromatic heterocycles. The number of nitrogens with zero attached hydrogens (tertiary/aromatic N) is 4. The molecule has 0 radical (unpaired) electrons. The van der Waals surface area contributed by atoms with E-state index in [4.69, 9.17) is 0 Å². The average Bonchev–Trinajstić information content (AvgIpc) is 2.57. The number of hydrogen-bond acceptors (Lipinski definition) is 5. The van der Waals surface area contributed by atoms with Crippen molar-refractivity contribution in [3.8, 4) is 11.5 Å². The number of aromatic nitrogens is 4. The average molecular weight is 227 g/mol. The molecule has 2 aromatic rings. The maximum Gasteiger partial charge on any atom is 0.223 e. The van der Waals surface area contributed by atoms with Gasteiger partial charge in [-0.25, -0.2) is 9.97 Å². The molecule has 6 heteroatoms. The van der Waals surface area contributed by atoms with E-state index in [0.717, 1.165) is 0 Å². The minimum Gasteiger partial charge on any atom is -0.342 e. The van der Waals surface area contributed by atoms with Crippen molar-refractivity contribution >= 4 is 15.9 Å². The number of hydrogen-bond donors (Lipinski definition) is 0. The Labute approximate surface area is 76.0 Å². The van der Waals surface area contributed by atoms with E-state index < -0.39 is 0 Å². The third-order valence-corrected chi connectivity index (χ3v) is 1.81. The van der Waals surface area contributed by atoms with Gasteiger partial charge in [0.1, 0.15) is 10.3 Å². The molecule has 0 aliphatic rings. The van der Waals surface area contributed by atoms with Gasteiger partial charge in [0.15, 0.2) is 0 Å². The Hall–Kier alpha value is -1.30. The molecule has 0 fully saturated rings. The van der Waals surface area contributed by atoms with Crippen LogP contribution in [0.1, 0.15) is 0 Å². The van der Waals surface area contributed by atoms with E-state index in [-0.39, 0.29) is 0 Å². The number of rotatable bonds is 1. The summed E-state index contributed by atoms with van der Waals surface area (Å²) in [6.45, 7) is 0. The Morgan fingerprint density at radius 1 is 1.17 bits per heavy atom. The summed E-state index contributed by atoms with van der Waals surface area (Å²) < 4.78 is 5.18. The minimum absolute atomic E-state index is 0.426. The van der Waals surface area contributed by atoms with Crippen molar-refractivity contribution in [3.63, 3.8) is 0 Å². The zero-order chi connectivity index (χ0) is 8.39. The van der Waals surface area contributed by atoms with E-state index in [1.807, 2.05) is 0 Å². The van der Waals surface area contributed by atoms with E-state index in [2.05, 4.69) is 40.6 Å². The molecule has 12 heavy (non-hydrogen) atoms. The molecule has 0 bridgehead atoms. The summed E-state index contributed by atoms with van der Waals surface area (Å²) in [4.78, 5) is 11.8. The minimum atomic E-state index is 0.426. The van der Waals surface area contributed by atoms with Gasteiger partial charge in [-0.1, -0.05) is 5.16 Å². The van der Waals surface area contributed by atoms with Gasteiger partial charge in [0.2, 0.25) is 12.2 Å². The third-order valence-electron chi connectivity index (χ3n) is 1.23. The molecule has 0 saturated heterocycles. The van der Waals surface area contributed by atoms with Gasteiger partial charge in [-0.05, 0) is 15.9 Å². The van der Waals surface area contributed by atoms with Crippen LogP contribution >= 0.6 is 15.9 Å². The van der Waals surface area contributed by atoms with Gasteiger partial charge < -0.3 is 4.52 Å². The molecule has 0 aliphatic heterocycles. The molecule has 5 nitrogen and oxygen atoms in total. The molecular weight excluding hydrogens is 224 g/mol. The van der Waals surface area contributed by atoms with Crippen molar-refractivity contribution in [3.05, 3.63) is 23.4 Å². The first-order valence-electron chi connectivity index (χ1n) is 3.11. The molecule has 0 N–H and O–H groups in total. The van der Waals surface area contributed by atoms with Crippen molar-refractivity contribution < 1.29 is 4.52 Å². The van der Waals surface area contributed by atoms with Crippen molar-refractivity contribution in [2.75, 3.05) is 0 Å². The van der Waals surface area contributed by atoms with Gasteiger partial charge in [-0.2, -0.15) is 4.98 Å². The summed E-state index contributed by atoms with van der Waals surface area (Å²) in [7, 11) is 0. The fourth-order valence-electron chi connectivity index (χ4n) is 0.746. The fraction of sp³-hybridized carbons (Fsp3) is 0. The topological polar surface area (TPSA) is 64.7 Å². The van der Waals surface area contributed by atoms with Crippen LogP contribution in [0.2, 0.25) is 0 Å². The van der Waals surface area contributed by atoms with Crippen molar-refractivity contribution in [2.24, 2.45) is 0 Å². The Kier molecular flexibility index (Phi) is 1.83. The smallest absolute Gasteiger partial charge is 0.223 e. The van der Waals surface area contributed by atoms with E-state index in [9.17, 15) is 0 Å². The molecule has 0 amide bonds. The first kappa shape index (κ1) is 7.35. The quantitative estimate of drug-likeness (QED) is 0.734. The lowest BCUT2D eigenvalue weighted by Gasteiger charge is -1.93. The predicted molar refractivity (Wildman–Crippen MR) is 43.0 cm³/mol. The standard InChI is InChI=1S/C6H3BrN4O/c7-5-4(8-1-2-9-5)6-10-3-12-11-6/h1-3H. The summed E-state index contributed by atoms with van der Waals surface area (Å²) in [5.74, 6) is 0.426. The Morgan fingerprint density at radius 2 is 2.00 bits per heavy atom. The van der Waals surface area contributed by atoms with Gasteiger partial charge in [-0.15, -0.1) is 0 Å². The molecule has 0 aliphatic carbocycles. The van der Waals surface area contributed by atoms with Crippen LogP contribution in [0.3, 0.4) is 0 Å². The van der Waals surface area contributed by atoms with Gasteiger partial charge in [0, 0.05) is 12.4 Å². The van der Waals surface area contributed by atoms with Gasteiger partial charge in [0.25, 0.3) is 0 Å². The van der Waals surface area contributed by atoms with Crippen LogP contribution in [0.4, 0.5) is 0 Å². The van der Waals surface area contributed by atoms with Crippen molar-refractivity contribution in [1.82, 2.24) is 20.1 Å². The second kappa shape index (κ2) is 2.98. The van der Waals surface area contributed by atoms with E-state index in [0.29, 0.717) is 16.1 Å². The predicted octanol–water partition coefficient (Wildman–Crippen LogP) is 1.29. The second-order valence-electron chi connectivity index (χ2n) is 1.95. The Balaban J connectivity index is 2.55. The van der Waals surface area contributed by atoms with Gasteiger partial charge in [-0.3, -0.25) is 0 Å². The molecule has 2 rings (SSSR count). The Bertz CT molecular complexity index is 375. The van der Waals surface area contributed by atoms with Crippen LogP contribution in [0.15, 0.2) is 27.9 Å². The van der Waals surface area contributed by atoms with Crippen LogP contribution in [0.25, 0.3) is 11.5 Å². The van der Waals surface area contributed by atoms with Gasteiger partial charge >= 0.3 is 0 Å². The highest BCUT2D eigenvalue weighted by molar-refractivity contribution is 9.10. The molecule has 0 spiro atoms. The largest absolute Gasteiger partial charge is 0.342 e. The van der Waals surface area contributed by atoms with E-state index in [1.54, 1.807) is 12.4 Å². The van der Waals surface area contributed by atoms with Crippen molar-refractivity contribution in [1.29, 1.82) is 0 Å². The summed E-state index contributed by atoms with van der Waals surface area (Å²) in [5, 5.41) is 3.63. The first-order valence-corrected chi connectivity index (χ1v) is 3.90. The molecule has 2 heterocycles. The fourth-order valence-corrected chi connectivity index (χ4v) is 1.14. The molecule has 0 atom stereocenters. The lowest BCUT2D eigenvalue weighted by molar-refractivity contribution is 0.418. The lowest BCUT2D eigenvalue weighted by atomic mass is 10.4. The monoisotopic (exact) mass is 226 g/mol. The van der Waals surface area contributed by atoms with E-state index >= 15 is 0 Å². The summed E-state index contributed by atoms with van der Waals surface area (Å²) in [5.41, 5.74) is 0.575. The van der Waals surface area contributed by atoms with Crippen LogP contribution in [-0.2, 0) is 0 Å². The normalized spacial score (nSPS) is 10.1. The van der Waals surface area contributed by atoms with Crippen LogP contribution < -0.4 is 0 Å². The zero-order valence-corrected chi connectivity index (χ0v) is 7.39. The maximum atomic E-state index is 4.57. The SMILES string of the molecule is Brc1nccnc1-c1ncon1. The third kappa shape index (κ3) is 1.20. The summed E-state index contributed by atoms with van der Waals surface area (Å²) in [6, 6.07) is 0. The lowest BCUT2D eigenvalue weighted by Crippen LogP contribution is -1.88. The van der Waals surface area contributed by atoms with E-state index in [1.165, 1.54) is 6.39 Å². The summed E-state index contributed by atoms with van der Waals surface area (Å²) in [6.07, 6.45) is 4.39. The highest BCUT2D eigenvalue weighted by atomic mass is 79.9. The second-order valence-corrected chi connectivity index (χ2v) is 2.70. The highest BCUT2D eigenvalue weighted by Crippen LogP contribution is 2.19. The molecule has 0 saturated carbocycles. The molecule has 0 aromatic carbocycles. The maximum absolute atomic E-state index is 4.57. The molecule has 60 valence electrons. The number of halogens is 1. The van der Waals surface area contributed by atoms with Crippen LogP contribution in [0, 0.1) is 0 Å². The highest BCUT2D eigenvalue weighted by Gasteiger charge is 2.08. The van der Waals surface area contributed by atoms with Crippen LogP contribution in [0.5, 0.6) is 0 Å². The molecule has 0 unspecified atom stereocenters. The first-order chi connectivity index (χ1) is 5.88. The van der Waals surface area contributed by atoms with Crippen LogP contribution in [-0.4, -0.2) is 20.1 Å².